The summed E-state index contributed by atoms with van der Waals surface area (Å²) in [6.07, 6.45) is -1.52. The lowest BCUT2D eigenvalue weighted by Crippen LogP contribution is -2.44. The number of amides is 4. The smallest absolute Gasteiger partial charge is 0.426 e. The molecule has 10 nitrogen and oxygen atoms in total. The highest BCUT2D eigenvalue weighted by Gasteiger charge is 2.32. The Bertz CT molecular complexity index is 508. The fourth-order valence-electron chi connectivity index (χ4n) is 1.51. The first-order chi connectivity index (χ1) is 10.6. The van der Waals surface area contributed by atoms with E-state index in [4.69, 9.17) is 4.74 Å². The van der Waals surface area contributed by atoms with E-state index in [0.29, 0.717) is 5.06 Å². The Kier molecular flexibility index (Phi) is 6.05. The molecule has 1 aliphatic rings. The highest BCUT2D eigenvalue weighted by Crippen LogP contribution is 2.12. The van der Waals surface area contributed by atoms with Crippen LogP contribution in [0.2, 0.25) is 0 Å². The van der Waals surface area contributed by atoms with E-state index in [2.05, 4.69) is 10.3 Å². The molecule has 0 atom stereocenters. The zero-order valence-corrected chi connectivity index (χ0v) is 13.1. The summed E-state index contributed by atoms with van der Waals surface area (Å²) < 4.78 is 4.89. The monoisotopic (exact) mass is 329 g/mol. The molecule has 0 aromatic carbocycles. The maximum Gasteiger partial charge on any atom is 0.426 e. The van der Waals surface area contributed by atoms with Gasteiger partial charge in [-0.05, 0) is 20.8 Å². The van der Waals surface area contributed by atoms with E-state index in [1.165, 1.54) is 0 Å². The lowest BCUT2D eigenvalue weighted by atomic mass is 10.2. The number of carbonyl (C=O) groups excluding carboxylic acids is 5. The Hall–Kier alpha value is -2.65. The standard InChI is InChI=1S/C13H19N3O7/c1-13(2,3)22-12(21)15-14-8(17)4-7-11(20)23-16-9(18)5-6-10(16)19/h4-7H2,1-3H3,(H,14,17)(H,15,21). The molecule has 0 spiro atoms. The van der Waals surface area contributed by atoms with Gasteiger partial charge in [-0.2, -0.15) is 0 Å². The van der Waals surface area contributed by atoms with E-state index in [1.807, 2.05) is 5.43 Å². The molecular weight excluding hydrogens is 310 g/mol. The van der Waals surface area contributed by atoms with Crippen LogP contribution in [0.25, 0.3) is 0 Å². The molecule has 1 fully saturated rings. The summed E-state index contributed by atoms with van der Waals surface area (Å²) in [5, 5.41) is 0.402. The highest BCUT2D eigenvalue weighted by atomic mass is 16.7. The average Bonchev–Trinajstić information content (AvgIpc) is 2.73. The van der Waals surface area contributed by atoms with Crippen molar-refractivity contribution >= 4 is 29.8 Å². The lowest BCUT2D eigenvalue weighted by molar-refractivity contribution is -0.197. The Balaban J connectivity index is 2.25. The summed E-state index contributed by atoms with van der Waals surface area (Å²) in [5.74, 6) is -2.76. The molecule has 1 rings (SSSR count). The average molecular weight is 329 g/mol. The minimum Gasteiger partial charge on any atom is -0.443 e. The van der Waals surface area contributed by atoms with Crippen LogP contribution in [-0.2, 0) is 28.8 Å². The van der Waals surface area contributed by atoms with Crippen LogP contribution in [0.1, 0.15) is 46.5 Å². The summed E-state index contributed by atoms with van der Waals surface area (Å²) in [6.45, 7) is 4.97. The fraction of sp³-hybridized carbons (Fsp3) is 0.615. The Morgan fingerprint density at radius 1 is 1.04 bits per heavy atom. The number of rotatable bonds is 4. The Labute approximate surface area is 132 Å². The normalized spacial score (nSPS) is 14.5. The maximum atomic E-state index is 11.5. The first-order valence-electron chi connectivity index (χ1n) is 6.93. The van der Waals surface area contributed by atoms with Gasteiger partial charge >= 0.3 is 12.1 Å². The van der Waals surface area contributed by atoms with E-state index in [9.17, 15) is 24.0 Å². The molecule has 0 radical (unpaired) electrons. The number of hydroxylamine groups is 2. The van der Waals surface area contributed by atoms with Crippen LogP contribution in [0.4, 0.5) is 4.79 Å². The van der Waals surface area contributed by atoms with Gasteiger partial charge in [0.1, 0.15) is 5.60 Å². The second kappa shape index (κ2) is 7.56. The highest BCUT2D eigenvalue weighted by molar-refractivity contribution is 6.01. The summed E-state index contributed by atoms with van der Waals surface area (Å²) in [6, 6.07) is 0. The van der Waals surface area contributed by atoms with Crippen molar-refractivity contribution in [1.82, 2.24) is 15.9 Å². The molecule has 0 unspecified atom stereocenters. The van der Waals surface area contributed by atoms with Crippen molar-refractivity contribution in [1.29, 1.82) is 0 Å². The third kappa shape index (κ3) is 6.76. The van der Waals surface area contributed by atoms with Crippen molar-refractivity contribution in [2.45, 2.75) is 52.1 Å². The van der Waals surface area contributed by atoms with Crippen molar-refractivity contribution in [2.24, 2.45) is 0 Å². The van der Waals surface area contributed by atoms with E-state index < -0.39 is 35.4 Å². The van der Waals surface area contributed by atoms with Gasteiger partial charge in [-0.3, -0.25) is 19.8 Å². The van der Waals surface area contributed by atoms with Gasteiger partial charge in [-0.25, -0.2) is 15.0 Å². The summed E-state index contributed by atoms with van der Waals surface area (Å²) in [7, 11) is 0. The number of hydrogen-bond acceptors (Lipinski definition) is 7. The summed E-state index contributed by atoms with van der Waals surface area (Å²) >= 11 is 0. The zero-order valence-electron chi connectivity index (χ0n) is 13.1. The van der Waals surface area contributed by atoms with E-state index in [0.717, 1.165) is 0 Å². The van der Waals surface area contributed by atoms with Crippen LogP contribution in [0.3, 0.4) is 0 Å². The molecule has 0 saturated carbocycles. The van der Waals surface area contributed by atoms with Crippen molar-refractivity contribution in [3.63, 3.8) is 0 Å². The lowest BCUT2D eigenvalue weighted by Gasteiger charge is -2.19. The van der Waals surface area contributed by atoms with Crippen LogP contribution in [0, 0.1) is 0 Å². The summed E-state index contributed by atoms with van der Waals surface area (Å²) in [5.41, 5.74) is 3.36. The van der Waals surface area contributed by atoms with Crippen molar-refractivity contribution in [3.05, 3.63) is 0 Å². The van der Waals surface area contributed by atoms with Gasteiger partial charge in [-0.15, -0.1) is 5.06 Å². The molecule has 0 bridgehead atoms. The van der Waals surface area contributed by atoms with Crippen LogP contribution < -0.4 is 10.9 Å². The molecule has 4 amide bonds. The van der Waals surface area contributed by atoms with Crippen LogP contribution in [0.5, 0.6) is 0 Å². The van der Waals surface area contributed by atoms with Gasteiger partial charge in [0.05, 0.1) is 6.42 Å². The topological polar surface area (TPSA) is 131 Å². The van der Waals surface area contributed by atoms with E-state index in [1.54, 1.807) is 20.8 Å². The summed E-state index contributed by atoms with van der Waals surface area (Å²) in [4.78, 5) is 61.2. The van der Waals surface area contributed by atoms with E-state index in [-0.39, 0.29) is 25.7 Å². The number of hydrogen-bond donors (Lipinski definition) is 2. The van der Waals surface area contributed by atoms with Gasteiger partial charge in [-0.1, -0.05) is 0 Å². The molecule has 1 aliphatic heterocycles. The maximum absolute atomic E-state index is 11.5. The third-order valence-electron chi connectivity index (χ3n) is 2.46. The minimum atomic E-state index is -0.902. The van der Waals surface area contributed by atoms with Crippen molar-refractivity contribution in [3.8, 4) is 0 Å². The number of carbonyl (C=O) groups is 5. The van der Waals surface area contributed by atoms with Crippen LogP contribution in [0.15, 0.2) is 0 Å². The quantitative estimate of drug-likeness (QED) is 0.545. The van der Waals surface area contributed by atoms with E-state index >= 15 is 0 Å². The number of hydrazine groups is 1. The van der Waals surface area contributed by atoms with Gasteiger partial charge < -0.3 is 9.57 Å². The second-order valence-corrected chi connectivity index (χ2v) is 5.72. The van der Waals surface area contributed by atoms with Crippen LogP contribution in [-0.4, -0.2) is 40.4 Å². The molecule has 23 heavy (non-hydrogen) atoms. The molecule has 0 aromatic heterocycles. The van der Waals surface area contributed by atoms with Crippen molar-refractivity contribution < 1.29 is 33.5 Å². The fourth-order valence-corrected chi connectivity index (χ4v) is 1.51. The van der Waals surface area contributed by atoms with Gasteiger partial charge in [0, 0.05) is 19.3 Å². The molecule has 1 heterocycles. The minimum absolute atomic E-state index is 0.00753. The molecule has 0 aliphatic carbocycles. The molecular formula is C13H19N3O7. The van der Waals surface area contributed by atoms with Crippen molar-refractivity contribution in [2.75, 3.05) is 0 Å². The Morgan fingerprint density at radius 3 is 2.13 bits per heavy atom. The number of ether oxygens (including phenoxy) is 1. The largest absolute Gasteiger partial charge is 0.443 e. The predicted molar refractivity (Wildman–Crippen MR) is 73.9 cm³/mol. The first-order valence-corrected chi connectivity index (χ1v) is 6.93. The second-order valence-electron chi connectivity index (χ2n) is 5.72. The van der Waals surface area contributed by atoms with Gasteiger partial charge in [0.25, 0.3) is 11.8 Å². The molecule has 1 saturated heterocycles. The Morgan fingerprint density at radius 2 is 1.61 bits per heavy atom. The SMILES string of the molecule is CC(C)(C)OC(=O)NNC(=O)CCC(=O)ON1C(=O)CCC1=O. The molecule has 128 valence electrons. The molecule has 2 N–H and O–H groups in total. The number of nitrogens with one attached hydrogen (secondary N) is 2. The van der Waals surface area contributed by atoms with Crippen LogP contribution >= 0.6 is 0 Å². The third-order valence-corrected chi connectivity index (χ3v) is 2.46. The predicted octanol–water partition coefficient (Wildman–Crippen LogP) is -0.0703. The van der Waals surface area contributed by atoms with Gasteiger partial charge in [0.15, 0.2) is 0 Å². The first kappa shape index (κ1) is 18.4. The molecule has 10 heteroatoms. The van der Waals surface area contributed by atoms with Gasteiger partial charge in [0.2, 0.25) is 5.91 Å². The zero-order chi connectivity index (χ0) is 17.6. The number of nitrogens with zero attached hydrogens (tertiary/aromatic N) is 1. The number of imide groups is 1. The molecule has 0 aromatic rings.